The number of ether oxygens (including phenoxy) is 2. The highest BCUT2D eigenvalue weighted by atomic mass is 35.5. The minimum Gasteiger partial charge on any atom is -0.493 e. The standard InChI is InChI=1S/C26H31N3O3.ClH/c1-20(23-11-7-4-8-12-23)28-26(30)29(16-15-27)18-22-13-14-24(25(17-22)31-2)32-19-21-9-5-3-6-10-21;/h3-14,17,20H,15-16,18-19,27H2,1-2H3,(H,28,30);1H/t20-;/m0./s1. The van der Waals surface area contributed by atoms with Crippen LogP contribution < -0.4 is 20.5 Å². The van der Waals surface area contributed by atoms with Gasteiger partial charge in [0, 0.05) is 19.6 Å². The predicted molar refractivity (Wildman–Crippen MR) is 134 cm³/mol. The Kier molecular flexibility index (Phi) is 10.5. The number of carbonyl (C=O) groups is 1. The van der Waals surface area contributed by atoms with E-state index in [1.165, 1.54) is 0 Å². The van der Waals surface area contributed by atoms with Gasteiger partial charge < -0.3 is 25.4 Å². The number of hydrogen-bond acceptors (Lipinski definition) is 4. The molecule has 0 radical (unpaired) electrons. The molecule has 176 valence electrons. The van der Waals surface area contributed by atoms with Gasteiger partial charge in [-0.25, -0.2) is 4.79 Å². The lowest BCUT2D eigenvalue weighted by molar-refractivity contribution is 0.193. The molecule has 33 heavy (non-hydrogen) atoms. The second-order valence-corrected chi connectivity index (χ2v) is 7.55. The third-order valence-electron chi connectivity index (χ3n) is 5.16. The SMILES string of the molecule is COc1cc(CN(CCN)C(=O)N[C@@H](C)c2ccccc2)ccc1OCc1ccccc1.Cl. The lowest BCUT2D eigenvalue weighted by atomic mass is 10.1. The summed E-state index contributed by atoms with van der Waals surface area (Å²) in [6, 6.07) is 25.3. The van der Waals surface area contributed by atoms with Crippen molar-refractivity contribution in [1.29, 1.82) is 0 Å². The number of rotatable bonds is 10. The van der Waals surface area contributed by atoms with Crippen molar-refractivity contribution in [2.75, 3.05) is 20.2 Å². The number of hydrogen-bond donors (Lipinski definition) is 2. The molecule has 0 aliphatic heterocycles. The van der Waals surface area contributed by atoms with Gasteiger partial charge in [-0.15, -0.1) is 12.4 Å². The number of benzene rings is 3. The van der Waals surface area contributed by atoms with Gasteiger partial charge in [0.1, 0.15) is 6.61 Å². The monoisotopic (exact) mass is 469 g/mol. The summed E-state index contributed by atoms with van der Waals surface area (Å²) in [5.74, 6) is 1.29. The van der Waals surface area contributed by atoms with Crippen molar-refractivity contribution in [3.63, 3.8) is 0 Å². The summed E-state index contributed by atoms with van der Waals surface area (Å²) in [5.41, 5.74) is 8.84. The molecule has 1 atom stereocenters. The highest BCUT2D eigenvalue weighted by Gasteiger charge is 2.17. The Labute approximate surface area is 202 Å². The molecule has 0 bridgehead atoms. The Bertz CT molecular complexity index is 987. The first kappa shape index (κ1) is 26.0. The topological polar surface area (TPSA) is 76.8 Å². The first-order valence-electron chi connectivity index (χ1n) is 10.7. The van der Waals surface area contributed by atoms with E-state index in [2.05, 4.69) is 5.32 Å². The van der Waals surface area contributed by atoms with Gasteiger partial charge in [0.25, 0.3) is 0 Å². The van der Waals surface area contributed by atoms with Crippen LogP contribution in [0.2, 0.25) is 0 Å². The second kappa shape index (κ2) is 13.4. The van der Waals surface area contributed by atoms with Crippen LogP contribution in [0.4, 0.5) is 4.79 Å². The van der Waals surface area contributed by atoms with E-state index in [9.17, 15) is 4.79 Å². The van der Waals surface area contributed by atoms with Crippen LogP contribution in [0.5, 0.6) is 11.5 Å². The summed E-state index contributed by atoms with van der Waals surface area (Å²) in [5, 5.41) is 3.06. The molecule has 0 aliphatic rings. The molecule has 0 fully saturated rings. The second-order valence-electron chi connectivity index (χ2n) is 7.55. The van der Waals surface area contributed by atoms with Gasteiger partial charge >= 0.3 is 6.03 Å². The summed E-state index contributed by atoms with van der Waals surface area (Å²) < 4.78 is 11.5. The molecule has 3 rings (SSSR count). The number of nitrogens with one attached hydrogen (secondary N) is 1. The van der Waals surface area contributed by atoms with Gasteiger partial charge in [0.05, 0.1) is 13.2 Å². The number of methoxy groups -OCH3 is 1. The number of urea groups is 1. The van der Waals surface area contributed by atoms with Gasteiger partial charge in [-0.3, -0.25) is 0 Å². The van der Waals surface area contributed by atoms with Gasteiger partial charge in [0.15, 0.2) is 11.5 Å². The molecule has 2 amide bonds. The van der Waals surface area contributed by atoms with Crippen molar-refractivity contribution in [2.45, 2.75) is 26.1 Å². The predicted octanol–water partition coefficient (Wildman–Crippen LogP) is 4.93. The molecule has 0 saturated heterocycles. The summed E-state index contributed by atoms with van der Waals surface area (Å²) in [6.07, 6.45) is 0. The third-order valence-corrected chi connectivity index (χ3v) is 5.16. The molecular weight excluding hydrogens is 438 g/mol. The van der Waals surface area contributed by atoms with E-state index < -0.39 is 0 Å². The smallest absolute Gasteiger partial charge is 0.318 e. The van der Waals surface area contributed by atoms with Crippen LogP contribution in [-0.2, 0) is 13.2 Å². The van der Waals surface area contributed by atoms with E-state index in [1.807, 2.05) is 85.8 Å². The normalized spacial score (nSPS) is 11.1. The molecule has 0 saturated carbocycles. The lowest BCUT2D eigenvalue weighted by Gasteiger charge is -2.25. The van der Waals surface area contributed by atoms with Gasteiger partial charge in [0.2, 0.25) is 0 Å². The molecule has 6 nitrogen and oxygen atoms in total. The Morgan fingerprint density at radius 3 is 2.27 bits per heavy atom. The molecule has 3 N–H and O–H groups in total. The van der Waals surface area contributed by atoms with Crippen LogP contribution in [0.25, 0.3) is 0 Å². The minimum atomic E-state index is -0.157. The maximum atomic E-state index is 12.9. The van der Waals surface area contributed by atoms with Gasteiger partial charge in [-0.05, 0) is 35.7 Å². The molecule has 3 aromatic rings. The zero-order valence-corrected chi connectivity index (χ0v) is 19.9. The summed E-state index contributed by atoms with van der Waals surface area (Å²) >= 11 is 0. The van der Waals surface area contributed by atoms with E-state index >= 15 is 0 Å². The van der Waals surface area contributed by atoms with Crippen molar-refractivity contribution in [2.24, 2.45) is 5.73 Å². The molecule has 0 spiro atoms. The zero-order valence-electron chi connectivity index (χ0n) is 19.1. The lowest BCUT2D eigenvalue weighted by Crippen LogP contribution is -2.42. The zero-order chi connectivity index (χ0) is 22.8. The molecule has 7 heteroatoms. The largest absolute Gasteiger partial charge is 0.493 e. The van der Waals surface area contributed by atoms with Crippen molar-refractivity contribution in [3.8, 4) is 11.5 Å². The highest BCUT2D eigenvalue weighted by molar-refractivity contribution is 5.85. The number of nitrogens with zero attached hydrogens (tertiary/aromatic N) is 1. The van der Waals surface area contributed by atoms with E-state index in [0.717, 1.165) is 16.7 Å². The number of halogens is 1. The van der Waals surface area contributed by atoms with Crippen LogP contribution in [0.15, 0.2) is 78.9 Å². The maximum Gasteiger partial charge on any atom is 0.318 e. The average Bonchev–Trinajstić information content (AvgIpc) is 2.84. The Morgan fingerprint density at radius 1 is 0.970 bits per heavy atom. The first-order chi connectivity index (χ1) is 15.6. The van der Waals surface area contributed by atoms with Crippen molar-refractivity contribution < 1.29 is 14.3 Å². The Hall–Kier alpha value is -3.22. The van der Waals surface area contributed by atoms with Crippen LogP contribution >= 0.6 is 12.4 Å². The molecular formula is C26H32ClN3O3. The number of nitrogens with two attached hydrogens (primary N) is 1. The highest BCUT2D eigenvalue weighted by Crippen LogP contribution is 2.29. The summed E-state index contributed by atoms with van der Waals surface area (Å²) in [6.45, 7) is 3.66. The minimum absolute atomic E-state index is 0. The number of amides is 2. The average molecular weight is 470 g/mol. The molecule has 3 aromatic carbocycles. The maximum absolute atomic E-state index is 12.9. The molecule has 0 aromatic heterocycles. The van der Waals surface area contributed by atoms with E-state index in [-0.39, 0.29) is 24.5 Å². The van der Waals surface area contributed by atoms with Gasteiger partial charge in [-0.2, -0.15) is 0 Å². The van der Waals surface area contributed by atoms with Crippen LogP contribution in [0.1, 0.15) is 29.7 Å². The Balaban J connectivity index is 0.00000385. The number of carbonyl (C=O) groups excluding carboxylic acids is 1. The van der Waals surface area contributed by atoms with E-state index in [0.29, 0.717) is 37.7 Å². The third kappa shape index (κ3) is 7.70. The Morgan fingerprint density at radius 2 is 1.64 bits per heavy atom. The fourth-order valence-corrected chi connectivity index (χ4v) is 3.40. The van der Waals surface area contributed by atoms with E-state index in [1.54, 1.807) is 12.0 Å². The molecule has 0 unspecified atom stereocenters. The summed E-state index contributed by atoms with van der Waals surface area (Å²) in [4.78, 5) is 14.6. The van der Waals surface area contributed by atoms with Crippen LogP contribution in [0.3, 0.4) is 0 Å². The fraction of sp³-hybridized carbons (Fsp3) is 0.269. The molecule has 0 aliphatic carbocycles. The van der Waals surface area contributed by atoms with Crippen LogP contribution in [-0.4, -0.2) is 31.1 Å². The van der Waals surface area contributed by atoms with Gasteiger partial charge in [-0.1, -0.05) is 66.7 Å². The van der Waals surface area contributed by atoms with E-state index in [4.69, 9.17) is 15.2 Å². The first-order valence-corrected chi connectivity index (χ1v) is 10.7. The summed E-state index contributed by atoms with van der Waals surface area (Å²) in [7, 11) is 1.61. The fourth-order valence-electron chi connectivity index (χ4n) is 3.40. The van der Waals surface area contributed by atoms with Crippen LogP contribution in [0, 0.1) is 0 Å². The quantitative estimate of drug-likeness (QED) is 0.441. The van der Waals surface area contributed by atoms with Crippen molar-refractivity contribution in [3.05, 3.63) is 95.6 Å². The van der Waals surface area contributed by atoms with Crippen molar-refractivity contribution >= 4 is 18.4 Å². The van der Waals surface area contributed by atoms with Crippen molar-refractivity contribution in [1.82, 2.24) is 10.2 Å². The molecule has 0 heterocycles.